The molecule has 2 rings (SSSR count). The van der Waals surface area contributed by atoms with Crippen LogP contribution >= 0.6 is 11.6 Å². The molecule has 0 spiro atoms. The Morgan fingerprint density at radius 2 is 1.81 bits per heavy atom. The largest absolute Gasteiger partial charge is 0.280 e. The summed E-state index contributed by atoms with van der Waals surface area (Å²) in [5.41, 5.74) is 5.09. The molecule has 0 saturated carbocycles. The second kappa shape index (κ2) is 4.42. The Kier molecular flexibility index (Phi) is 3.15. The van der Waals surface area contributed by atoms with Gasteiger partial charge in [0.1, 0.15) is 0 Å². The first-order valence-electron chi connectivity index (χ1n) is 5.60. The van der Waals surface area contributed by atoms with Crippen molar-refractivity contribution in [1.82, 2.24) is 0 Å². The zero-order valence-corrected chi connectivity index (χ0v) is 10.7. The predicted octanol–water partition coefficient (Wildman–Crippen LogP) is 4.12. The fraction of sp³-hybridized carbons (Fsp3) is 0.357. The lowest BCUT2D eigenvalue weighted by molar-refractivity contribution is 0.796. The van der Waals surface area contributed by atoms with Crippen LogP contribution in [0.25, 0.3) is 0 Å². The standard InChI is InChI=1S/C14H16ClN/c1-9(2)13-10(3)8-16-14(13)11-4-6-12(15)7-5-11/h4-7,9H,8H2,1-3H3. The van der Waals surface area contributed by atoms with Crippen LogP contribution < -0.4 is 0 Å². The van der Waals surface area contributed by atoms with E-state index < -0.39 is 0 Å². The third kappa shape index (κ3) is 2.05. The van der Waals surface area contributed by atoms with E-state index in [0.717, 1.165) is 17.3 Å². The van der Waals surface area contributed by atoms with Gasteiger partial charge in [0.25, 0.3) is 0 Å². The van der Waals surface area contributed by atoms with Crippen LogP contribution in [-0.4, -0.2) is 12.3 Å². The molecular weight excluding hydrogens is 218 g/mol. The number of halogens is 1. The van der Waals surface area contributed by atoms with Crippen molar-refractivity contribution in [2.24, 2.45) is 10.9 Å². The summed E-state index contributed by atoms with van der Waals surface area (Å²) in [4.78, 5) is 4.62. The highest BCUT2D eigenvalue weighted by Gasteiger charge is 2.20. The van der Waals surface area contributed by atoms with Gasteiger partial charge in [-0.1, -0.05) is 37.6 Å². The lowest BCUT2D eigenvalue weighted by Crippen LogP contribution is -2.08. The topological polar surface area (TPSA) is 12.4 Å². The molecule has 0 amide bonds. The molecule has 1 aliphatic rings. The van der Waals surface area contributed by atoms with E-state index in [1.807, 2.05) is 24.3 Å². The van der Waals surface area contributed by atoms with E-state index in [9.17, 15) is 0 Å². The summed E-state index contributed by atoms with van der Waals surface area (Å²) in [5, 5.41) is 0.772. The van der Waals surface area contributed by atoms with Gasteiger partial charge in [-0.2, -0.15) is 0 Å². The molecule has 0 aromatic heterocycles. The molecule has 1 nitrogen and oxygen atoms in total. The lowest BCUT2D eigenvalue weighted by atomic mass is 9.92. The number of hydrogen-bond acceptors (Lipinski definition) is 1. The van der Waals surface area contributed by atoms with E-state index in [1.54, 1.807) is 0 Å². The zero-order valence-electron chi connectivity index (χ0n) is 9.92. The van der Waals surface area contributed by atoms with Crippen molar-refractivity contribution in [3.63, 3.8) is 0 Å². The fourth-order valence-corrected chi connectivity index (χ4v) is 2.32. The summed E-state index contributed by atoms with van der Waals surface area (Å²) in [6.07, 6.45) is 0. The van der Waals surface area contributed by atoms with Crippen LogP contribution in [0.3, 0.4) is 0 Å². The molecule has 0 unspecified atom stereocenters. The molecule has 0 saturated heterocycles. The molecule has 1 heterocycles. The fourth-order valence-electron chi connectivity index (χ4n) is 2.19. The normalized spacial score (nSPS) is 15.9. The second-order valence-corrected chi connectivity index (χ2v) is 4.96. The minimum Gasteiger partial charge on any atom is -0.280 e. The molecule has 1 aromatic carbocycles. The van der Waals surface area contributed by atoms with Crippen LogP contribution in [0.1, 0.15) is 26.3 Å². The third-order valence-corrected chi connectivity index (χ3v) is 3.14. The van der Waals surface area contributed by atoms with E-state index >= 15 is 0 Å². The molecule has 16 heavy (non-hydrogen) atoms. The Morgan fingerprint density at radius 3 is 2.38 bits per heavy atom. The van der Waals surface area contributed by atoms with Crippen LogP contribution in [-0.2, 0) is 0 Å². The number of benzene rings is 1. The number of rotatable bonds is 2. The summed E-state index contributed by atoms with van der Waals surface area (Å²) in [7, 11) is 0. The summed E-state index contributed by atoms with van der Waals surface area (Å²) in [5.74, 6) is 0.525. The molecule has 0 fully saturated rings. The van der Waals surface area contributed by atoms with Crippen LogP contribution in [0.5, 0.6) is 0 Å². The van der Waals surface area contributed by atoms with Gasteiger partial charge in [-0.15, -0.1) is 0 Å². The molecule has 0 radical (unpaired) electrons. The van der Waals surface area contributed by atoms with E-state index in [4.69, 9.17) is 11.6 Å². The van der Waals surface area contributed by atoms with Crippen molar-refractivity contribution in [1.29, 1.82) is 0 Å². The maximum Gasteiger partial charge on any atom is 0.0685 e. The molecule has 1 aliphatic heterocycles. The van der Waals surface area contributed by atoms with Gasteiger partial charge in [-0.25, -0.2) is 0 Å². The number of allylic oxidation sites excluding steroid dienone is 1. The predicted molar refractivity (Wildman–Crippen MR) is 70.4 cm³/mol. The smallest absolute Gasteiger partial charge is 0.0685 e. The van der Waals surface area contributed by atoms with Crippen molar-refractivity contribution in [2.75, 3.05) is 6.54 Å². The van der Waals surface area contributed by atoms with Gasteiger partial charge < -0.3 is 0 Å². The van der Waals surface area contributed by atoms with Crippen LogP contribution in [0.15, 0.2) is 40.4 Å². The van der Waals surface area contributed by atoms with Crippen molar-refractivity contribution >= 4 is 17.3 Å². The molecule has 0 bridgehead atoms. The number of nitrogens with zero attached hydrogens (tertiary/aromatic N) is 1. The summed E-state index contributed by atoms with van der Waals surface area (Å²) >= 11 is 5.89. The van der Waals surface area contributed by atoms with Gasteiger partial charge in [0.2, 0.25) is 0 Å². The summed E-state index contributed by atoms with van der Waals surface area (Å²) in [6, 6.07) is 7.93. The van der Waals surface area contributed by atoms with Gasteiger partial charge in [0.05, 0.1) is 12.3 Å². The Bertz CT molecular complexity index is 452. The molecule has 2 heteroatoms. The highest BCUT2D eigenvalue weighted by Crippen LogP contribution is 2.26. The maximum absolute atomic E-state index is 5.89. The van der Waals surface area contributed by atoms with Crippen molar-refractivity contribution in [2.45, 2.75) is 20.8 Å². The Hall–Kier alpha value is -1.08. The Morgan fingerprint density at radius 1 is 1.19 bits per heavy atom. The van der Waals surface area contributed by atoms with Crippen molar-refractivity contribution in [3.8, 4) is 0 Å². The average Bonchev–Trinajstić information content (AvgIpc) is 2.61. The lowest BCUT2D eigenvalue weighted by Gasteiger charge is -2.12. The van der Waals surface area contributed by atoms with E-state index in [2.05, 4.69) is 25.8 Å². The Balaban J connectivity index is 2.39. The molecule has 0 N–H and O–H groups in total. The number of aliphatic imine (C=N–C) groups is 1. The first-order chi connectivity index (χ1) is 7.59. The molecule has 1 aromatic rings. The van der Waals surface area contributed by atoms with Crippen LogP contribution in [0, 0.1) is 5.92 Å². The van der Waals surface area contributed by atoms with Gasteiger partial charge in [0.15, 0.2) is 0 Å². The minimum absolute atomic E-state index is 0.525. The van der Waals surface area contributed by atoms with Gasteiger partial charge in [0, 0.05) is 10.6 Å². The SMILES string of the molecule is CC1=C(C(C)C)C(c2ccc(Cl)cc2)=NC1. The highest BCUT2D eigenvalue weighted by atomic mass is 35.5. The Labute approximate surface area is 102 Å². The van der Waals surface area contributed by atoms with Crippen molar-refractivity contribution in [3.05, 3.63) is 46.0 Å². The first-order valence-corrected chi connectivity index (χ1v) is 5.98. The van der Waals surface area contributed by atoms with Gasteiger partial charge >= 0.3 is 0 Å². The minimum atomic E-state index is 0.525. The third-order valence-electron chi connectivity index (χ3n) is 2.88. The zero-order chi connectivity index (χ0) is 11.7. The second-order valence-electron chi connectivity index (χ2n) is 4.52. The van der Waals surface area contributed by atoms with Gasteiger partial charge in [-0.05, 0) is 36.1 Å². The molecule has 0 aliphatic carbocycles. The van der Waals surface area contributed by atoms with E-state index in [-0.39, 0.29) is 0 Å². The average molecular weight is 234 g/mol. The van der Waals surface area contributed by atoms with Crippen LogP contribution in [0.4, 0.5) is 0 Å². The molecular formula is C14H16ClN. The van der Waals surface area contributed by atoms with Gasteiger partial charge in [-0.3, -0.25) is 4.99 Å². The molecule has 84 valence electrons. The van der Waals surface area contributed by atoms with E-state index in [0.29, 0.717) is 5.92 Å². The summed E-state index contributed by atoms with van der Waals surface area (Å²) in [6.45, 7) is 7.44. The van der Waals surface area contributed by atoms with Crippen molar-refractivity contribution < 1.29 is 0 Å². The molecule has 0 atom stereocenters. The quantitative estimate of drug-likeness (QED) is 0.729. The van der Waals surface area contributed by atoms with E-state index in [1.165, 1.54) is 16.7 Å². The number of hydrogen-bond donors (Lipinski definition) is 0. The monoisotopic (exact) mass is 233 g/mol. The first kappa shape index (κ1) is 11.4. The summed E-state index contributed by atoms with van der Waals surface area (Å²) < 4.78 is 0. The van der Waals surface area contributed by atoms with Crippen LogP contribution in [0.2, 0.25) is 5.02 Å². The highest BCUT2D eigenvalue weighted by molar-refractivity contribution is 6.30. The maximum atomic E-state index is 5.89.